The Hall–Kier alpha value is -1.67. The first-order valence-corrected chi connectivity index (χ1v) is 9.99. The van der Waals surface area contributed by atoms with Gasteiger partial charge in [-0.05, 0) is 45.3 Å². The van der Waals surface area contributed by atoms with Crippen LogP contribution in [0.5, 0.6) is 0 Å². The number of carbonyl (C=O) groups is 2. The number of H-pyrrole nitrogens is 1. The Morgan fingerprint density at radius 2 is 2.28 bits per heavy atom. The van der Waals surface area contributed by atoms with Gasteiger partial charge in [-0.1, -0.05) is 13.8 Å². The molecule has 0 saturated carbocycles. The quantitative estimate of drug-likeness (QED) is 0.773. The van der Waals surface area contributed by atoms with Gasteiger partial charge in [-0.25, -0.2) is 0 Å². The number of hydrogen-bond donors (Lipinski definition) is 2. The second-order valence-electron chi connectivity index (χ2n) is 6.39. The monoisotopic (exact) mass is 424 g/mol. The highest BCUT2D eigenvalue weighted by Gasteiger charge is 2.22. The molecule has 0 unspecified atom stereocenters. The first-order chi connectivity index (χ1) is 12.0. The van der Waals surface area contributed by atoms with Gasteiger partial charge in [0.15, 0.2) is 5.69 Å². The predicted octanol–water partition coefficient (Wildman–Crippen LogP) is 3.06. The summed E-state index contributed by atoms with van der Waals surface area (Å²) in [5, 5.41) is 11.8. The molecule has 2 amide bonds. The summed E-state index contributed by atoms with van der Waals surface area (Å²) in [6, 6.07) is 2.09. The van der Waals surface area contributed by atoms with E-state index in [4.69, 9.17) is 0 Å². The number of hydrogen-bond acceptors (Lipinski definition) is 4. The van der Waals surface area contributed by atoms with Gasteiger partial charge in [-0.15, -0.1) is 11.3 Å². The minimum Gasteiger partial charge on any atom is -0.350 e. The highest BCUT2D eigenvalue weighted by atomic mass is 79.9. The van der Waals surface area contributed by atoms with E-state index in [1.165, 1.54) is 10.4 Å². The van der Waals surface area contributed by atoms with Crippen LogP contribution in [-0.4, -0.2) is 40.0 Å². The van der Waals surface area contributed by atoms with E-state index in [0.717, 1.165) is 18.7 Å². The number of fused-ring (bicyclic) bond motifs is 1. The van der Waals surface area contributed by atoms with E-state index >= 15 is 0 Å². The third-order valence-corrected chi connectivity index (χ3v) is 6.14. The maximum atomic E-state index is 12.4. The maximum absolute atomic E-state index is 12.4. The molecule has 2 N–H and O–H groups in total. The number of aromatic nitrogens is 2. The van der Waals surface area contributed by atoms with Gasteiger partial charge >= 0.3 is 0 Å². The smallest absolute Gasteiger partial charge is 0.272 e. The molecular formula is C17H21BrN4O2S. The Morgan fingerprint density at radius 3 is 3.00 bits per heavy atom. The van der Waals surface area contributed by atoms with Crippen molar-refractivity contribution >= 4 is 39.1 Å². The van der Waals surface area contributed by atoms with Crippen molar-refractivity contribution in [3.8, 4) is 0 Å². The molecule has 0 aromatic carbocycles. The lowest BCUT2D eigenvalue weighted by molar-refractivity contribution is -0.131. The van der Waals surface area contributed by atoms with Gasteiger partial charge in [0, 0.05) is 30.9 Å². The number of nitrogens with one attached hydrogen (secondary N) is 2. The summed E-state index contributed by atoms with van der Waals surface area (Å²) >= 11 is 5.17. The molecule has 2 aromatic rings. The predicted molar refractivity (Wildman–Crippen MR) is 101 cm³/mol. The molecule has 2 aromatic heterocycles. The van der Waals surface area contributed by atoms with E-state index in [-0.39, 0.29) is 17.7 Å². The first kappa shape index (κ1) is 18.1. The first-order valence-electron chi connectivity index (χ1n) is 8.32. The SMILES string of the molecule is CC(C)c1[nH]nc(C(=O)NCCC(=O)N2CCc3sccc3C2)c1Br. The third-order valence-electron chi connectivity index (χ3n) is 4.31. The number of halogens is 1. The van der Waals surface area contributed by atoms with Gasteiger partial charge in [0.2, 0.25) is 5.91 Å². The van der Waals surface area contributed by atoms with Crippen LogP contribution in [0.15, 0.2) is 15.9 Å². The Balaban J connectivity index is 1.49. The summed E-state index contributed by atoms with van der Waals surface area (Å²) in [4.78, 5) is 27.8. The van der Waals surface area contributed by atoms with Crippen molar-refractivity contribution in [3.05, 3.63) is 37.7 Å². The Bertz CT molecular complexity index is 783. The van der Waals surface area contributed by atoms with Crippen molar-refractivity contribution in [1.82, 2.24) is 20.4 Å². The summed E-state index contributed by atoms with van der Waals surface area (Å²) in [6.45, 7) is 5.78. The molecule has 6 nitrogen and oxygen atoms in total. The molecule has 0 fully saturated rings. The van der Waals surface area contributed by atoms with Crippen molar-refractivity contribution in [2.24, 2.45) is 0 Å². The molecule has 3 rings (SSSR count). The Labute approximate surface area is 159 Å². The van der Waals surface area contributed by atoms with Gasteiger partial charge in [0.25, 0.3) is 5.91 Å². The number of amides is 2. The molecule has 134 valence electrons. The van der Waals surface area contributed by atoms with E-state index in [9.17, 15) is 9.59 Å². The van der Waals surface area contributed by atoms with E-state index in [1.807, 2.05) is 18.7 Å². The topological polar surface area (TPSA) is 78.1 Å². The van der Waals surface area contributed by atoms with E-state index in [1.54, 1.807) is 11.3 Å². The number of carbonyl (C=O) groups excluding carboxylic acids is 2. The summed E-state index contributed by atoms with van der Waals surface area (Å²) in [7, 11) is 0. The second kappa shape index (κ2) is 7.70. The molecule has 0 radical (unpaired) electrons. The Kier molecular flexibility index (Phi) is 5.58. The fraction of sp³-hybridized carbons (Fsp3) is 0.471. The van der Waals surface area contributed by atoms with Crippen LogP contribution in [-0.2, 0) is 17.8 Å². The van der Waals surface area contributed by atoms with Crippen LogP contribution in [0.4, 0.5) is 0 Å². The van der Waals surface area contributed by atoms with Gasteiger partial charge in [0.1, 0.15) is 0 Å². The van der Waals surface area contributed by atoms with E-state index in [0.29, 0.717) is 29.7 Å². The van der Waals surface area contributed by atoms with Crippen molar-refractivity contribution < 1.29 is 9.59 Å². The van der Waals surface area contributed by atoms with Crippen LogP contribution in [0.2, 0.25) is 0 Å². The zero-order valence-corrected chi connectivity index (χ0v) is 16.7. The molecule has 0 aliphatic carbocycles. The molecule has 1 aliphatic rings. The molecule has 1 aliphatic heterocycles. The van der Waals surface area contributed by atoms with Crippen LogP contribution in [0.3, 0.4) is 0 Å². The Morgan fingerprint density at radius 1 is 1.48 bits per heavy atom. The van der Waals surface area contributed by atoms with E-state index < -0.39 is 0 Å². The summed E-state index contributed by atoms with van der Waals surface area (Å²) < 4.78 is 0.687. The zero-order valence-electron chi connectivity index (χ0n) is 14.3. The zero-order chi connectivity index (χ0) is 18.0. The van der Waals surface area contributed by atoms with Crippen molar-refractivity contribution in [2.45, 2.75) is 39.2 Å². The van der Waals surface area contributed by atoms with Crippen LogP contribution in [0.1, 0.15) is 52.8 Å². The van der Waals surface area contributed by atoms with Crippen LogP contribution in [0, 0.1) is 0 Å². The maximum Gasteiger partial charge on any atom is 0.272 e. The van der Waals surface area contributed by atoms with Crippen molar-refractivity contribution in [1.29, 1.82) is 0 Å². The molecular weight excluding hydrogens is 404 g/mol. The average molecular weight is 425 g/mol. The minimum atomic E-state index is -0.276. The lowest BCUT2D eigenvalue weighted by atomic mass is 10.1. The summed E-state index contributed by atoms with van der Waals surface area (Å²) in [6.07, 6.45) is 1.22. The summed E-state index contributed by atoms with van der Waals surface area (Å²) in [5.41, 5.74) is 2.47. The number of nitrogens with zero attached hydrogens (tertiary/aromatic N) is 2. The fourth-order valence-corrected chi connectivity index (χ4v) is 4.57. The average Bonchev–Trinajstić information content (AvgIpc) is 3.19. The second-order valence-corrected chi connectivity index (χ2v) is 8.19. The van der Waals surface area contributed by atoms with Crippen LogP contribution < -0.4 is 5.32 Å². The standard InChI is InChI=1S/C17H21BrN4O2S/c1-10(2)15-14(18)16(21-20-15)17(24)19-6-3-13(23)22-7-4-12-11(9-22)5-8-25-12/h5,8,10H,3-4,6-7,9H2,1-2H3,(H,19,24)(H,20,21). The number of rotatable bonds is 5. The van der Waals surface area contributed by atoms with Gasteiger partial charge in [-0.2, -0.15) is 5.10 Å². The van der Waals surface area contributed by atoms with Gasteiger partial charge in [-0.3, -0.25) is 14.7 Å². The van der Waals surface area contributed by atoms with Crippen LogP contribution >= 0.6 is 27.3 Å². The third kappa shape index (κ3) is 3.95. The largest absolute Gasteiger partial charge is 0.350 e. The van der Waals surface area contributed by atoms with Crippen LogP contribution in [0.25, 0.3) is 0 Å². The molecule has 8 heteroatoms. The number of aromatic amines is 1. The van der Waals surface area contributed by atoms with E-state index in [2.05, 4.69) is 42.9 Å². The highest BCUT2D eigenvalue weighted by molar-refractivity contribution is 9.10. The molecule has 0 atom stereocenters. The molecule has 0 saturated heterocycles. The molecule has 25 heavy (non-hydrogen) atoms. The van der Waals surface area contributed by atoms with Gasteiger partial charge < -0.3 is 10.2 Å². The summed E-state index contributed by atoms with van der Waals surface area (Å²) in [5.74, 6) is 0.0359. The molecule has 0 bridgehead atoms. The fourth-order valence-electron chi connectivity index (χ4n) is 2.86. The molecule has 3 heterocycles. The normalized spacial score (nSPS) is 13.8. The lowest BCUT2D eigenvalue weighted by Crippen LogP contribution is -2.37. The minimum absolute atomic E-state index is 0.0705. The highest BCUT2D eigenvalue weighted by Crippen LogP contribution is 2.26. The number of thiophene rings is 1. The van der Waals surface area contributed by atoms with Gasteiger partial charge in [0.05, 0.1) is 10.2 Å². The lowest BCUT2D eigenvalue weighted by Gasteiger charge is -2.27. The molecule has 0 spiro atoms. The van der Waals surface area contributed by atoms with Crippen molar-refractivity contribution in [2.75, 3.05) is 13.1 Å². The van der Waals surface area contributed by atoms with Crippen molar-refractivity contribution in [3.63, 3.8) is 0 Å².